The first-order chi connectivity index (χ1) is 5.25. The van der Waals surface area contributed by atoms with Gasteiger partial charge in [0.1, 0.15) is 0 Å². The molecule has 2 amide bonds. The van der Waals surface area contributed by atoms with Gasteiger partial charge in [0.25, 0.3) is 0 Å². The van der Waals surface area contributed by atoms with Crippen LogP contribution in [0.25, 0.3) is 0 Å². The number of allylic oxidation sites excluding steroid dienone is 2. The van der Waals surface area contributed by atoms with E-state index in [4.69, 9.17) is 0 Å². The Balaban J connectivity index is 2.68. The highest BCUT2D eigenvalue weighted by Gasteiger charge is 2.26. The maximum Gasteiger partial charge on any atom is 0.234 e. The Bertz CT molecular complexity index is 214. The standard InChI is InChI=1S/C8H8NO2/c1-2-3-6-9-7(10)4-5-8(9)11/h2-3H,1,4-5H2. The second-order valence-electron chi connectivity index (χ2n) is 2.15. The van der Waals surface area contributed by atoms with Crippen LogP contribution in [-0.2, 0) is 9.59 Å². The lowest BCUT2D eigenvalue weighted by molar-refractivity contribution is -0.135. The zero-order chi connectivity index (χ0) is 8.27. The Hall–Kier alpha value is -1.38. The highest BCUT2D eigenvalue weighted by molar-refractivity contribution is 6.02. The summed E-state index contributed by atoms with van der Waals surface area (Å²) in [7, 11) is 0. The zero-order valence-electron chi connectivity index (χ0n) is 6.04. The third-order valence-electron chi connectivity index (χ3n) is 1.37. The monoisotopic (exact) mass is 150 g/mol. The first kappa shape index (κ1) is 7.72. The molecule has 0 saturated carbocycles. The largest absolute Gasteiger partial charge is 0.274 e. The summed E-state index contributed by atoms with van der Waals surface area (Å²) in [6.07, 6.45) is 6.04. The molecule has 1 aliphatic heterocycles. The van der Waals surface area contributed by atoms with Gasteiger partial charge in [-0.2, -0.15) is 0 Å². The number of rotatable bonds is 2. The van der Waals surface area contributed by atoms with Crippen molar-refractivity contribution in [3.8, 4) is 0 Å². The maximum absolute atomic E-state index is 10.9. The van der Waals surface area contributed by atoms with E-state index in [-0.39, 0.29) is 11.8 Å². The Morgan fingerprint density at radius 2 is 1.91 bits per heavy atom. The smallest absolute Gasteiger partial charge is 0.234 e. The van der Waals surface area contributed by atoms with Crippen LogP contribution < -0.4 is 0 Å². The van der Waals surface area contributed by atoms with E-state index in [0.29, 0.717) is 12.8 Å². The first-order valence-corrected chi connectivity index (χ1v) is 3.32. The van der Waals surface area contributed by atoms with E-state index >= 15 is 0 Å². The molecule has 1 aliphatic rings. The normalized spacial score (nSPS) is 18.4. The van der Waals surface area contributed by atoms with E-state index in [2.05, 4.69) is 12.8 Å². The Morgan fingerprint density at radius 1 is 1.36 bits per heavy atom. The second-order valence-corrected chi connectivity index (χ2v) is 2.15. The van der Waals surface area contributed by atoms with Crippen LogP contribution in [0, 0.1) is 6.20 Å². The van der Waals surface area contributed by atoms with Gasteiger partial charge in [-0.1, -0.05) is 12.7 Å². The molecular formula is C8H8NO2. The van der Waals surface area contributed by atoms with Crippen LogP contribution in [0.15, 0.2) is 18.7 Å². The van der Waals surface area contributed by atoms with E-state index in [1.165, 1.54) is 12.2 Å². The Labute approximate surface area is 65.0 Å². The molecule has 3 nitrogen and oxygen atoms in total. The summed E-state index contributed by atoms with van der Waals surface area (Å²) in [6, 6.07) is 0. The van der Waals surface area contributed by atoms with E-state index in [9.17, 15) is 9.59 Å². The fraction of sp³-hybridized carbons (Fsp3) is 0.250. The van der Waals surface area contributed by atoms with Gasteiger partial charge in [-0.05, 0) is 6.08 Å². The molecule has 1 rings (SSSR count). The van der Waals surface area contributed by atoms with Crippen molar-refractivity contribution in [3.05, 3.63) is 24.9 Å². The number of likely N-dealkylation sites (tertiary alicyclic amines) is 1. The minimum atomic E-state index is -0.187. The Morgan fingerprint density at radius 3 is 2.36 bits per heavy atom. The lowest BCUT2D eigenvalue weighted by Gasteiger charge is -2.03. The fourth-order valence-electron chi connectivity index (χ4n) is 0.848. The molecule has 57 valence electrons. The zero-order valence-corrected chi connectivity index (χ0v) is 6.04. The van der Waals surface area contributed by atoms with Crippen molar-refractivity contribution in [3.63, 3.8) is 0 Å². The van der Waals surface area contributed by atoms with Gasteiger partial charge in [0, 0.05) is 12.8 Å². The van der Waals surface area contributed by atoms with Crippen LogP contribution in [0.4, 0.5) is 0 Å². The van der Waals surface area contributed by atoms with Crippen LogP contribution in [0.5, 0.6) is 0 Å². The summed E-state index contributed by atoms with van der Waals surface area (Å²) in [4.78, 5) is 22.8. The molecule has 0 N–H and O–H groups in total. The highest BCUT2D eigenvalue weighted by atomic mass is 16.2. The molecule has 0 aliphatic carbocycles. The van der Waals surface area contributed by atoms with Crippen molar-refractivity contribution in [2.24, 2.45) is 0 Å². The van der Waals surface area contributed by atoms with Gasteiger partial charge < -0.3 is 0 Å². The number of hydrogen-bond donors (Lipinski definition) is 0. The van der Waals surface area contributed by atoms with Gasteiger partial charge in [0.05, 0.1) is 6.20 Å². The van der Waals surface area contributed by atoms with E-state index in [1.807, 2.05) is 0 Å². The highest BCUT2D eigenvalue weighted by Crippen LogP contribution is 2.10. The molecule has 0 aromatic heterocycles. The minimum absolute atomic E-state index is 0.187. The molecule has 1 saturated heterocycles. The molecule has 0 atom stereocenters. The molecule has 0 bridgehead atoms. The lowest BCUT2D eigenvalue weighted by atomic mass is 10.4. The third-order valence-corrected chi connectivity index (χ3v) is 1.37. The van der Waals surface area contributed by atoms with Gasteiger partial charge in [0.15, 0.2) is 0 Å². The van der Waals surface area contributed by atoms with E-state index < -0.39 is 0 Å². The molecule has 0 aromatic rings. The van der Waals surface area contributed by atoms with Gasteiger partial charge >= 0.3 is 0 Å². The third kappa shape index (κ3) is 1.55. The average molecular weight is 150 g/mol. The molecule has 1 heterocycles. The van der Waals surface area contributed by atoms with Crippen molar-refractivity contribution in [2.75, 3.05) is 0 Å². The van der Waals surface area contributed by atoms with Crippen molar-refractivity contribution in [2.45, 2.75) is 12.8 Å². The number of hydrogen-bond acceptors (Lipinski definition) is 2. The molecule has 1 radical (unpaired) electrons. The predicted molar refractivity (Wildman–Crippen MR) is 39.1 cm³/mol. The molecule has 1 fully saturated rings. The Kier molecular flexibility index (Phi) is 2.21. The molecule has 3 heteroatoms. The first-order valence-electron chi connectivity index (χ1n) is 3.32. The lowest BCUT2D eigenvalue weighted by Crippen LogP contribution is -2.22. The van der Waals surface area contributed by atoms with Crippen LogP contribution in [-0.4, -0.2) is 16.7 Å². The number of nitrogens with zero attached hydrogens (tertiary/aromatic N) is 1. The maximum atomic E-state index is 10.9. The summed E-state index contributed by atoms with van der Waals surface area (Å²) < 4.78 is 0. The number of carbonyl (C=O) groups is 2. The van der Waals surface area contributed by atoms with Gasteiger partial charge in [0.2, 0.25) is 11.8 Å². The van der Waals surface area contributed by atoms with E-state index in [0.717, 1.165) is 4.90 Å². The summed E-state index contributed by atoms with van der Waals surface area (Å²) in [5.74, 6) is -0.374. The predicted octanol–water partition coefficient (Wildman–Crippen LogP) is 0.638. The van der Waals surface area contributed by atoms with Gasteiger partial charge in [-0.3, -0.25) is 9.59 Å². The SMILES string of the molecule is C=C/C=[C]/N1C(=O)CCC1=O. The van der Waals surface area contributed by atoms with Crippen molar-refractivity contribution < 1.29 is 9.59 Å². The molecular weight excluding hydrogens is 142 g/mol. The molecule has 0 unspecified atom stereocenters. The molecule has 0 spiro atoms. The fourth-order valence-corrected chi connectivity index (χ4v) is 0.848. The van der Waals surface area contributed by atoms with Crippen LogP contribution in [0.3, 0.4) is 0 Å². The average Bonchev–Trinajstić information content (AvgIpc) is 2.29. The van der Waals surface area contributed by atoms with Crippen molar-refractivity contribution in [1.82, 2.24) is 4.90 Å². The summed E-state index contributed by atoms with van der Waals surface area (Å²) in [5.41, 5.74) is 0. The van der Waals surface area contributed by atoms with Crippen molar-refractivity contribution >= 4 is 11.8 Å². The van der Waals surface area contributed by atoms with Crippen LogP contribution in [0.1, 0.15) is 12.8 Å². The number of imide groups is 1. The van der Waals surface area contributed by atoms with Crippen LogP contribution in [0.2, 0.25) is 0 Å². The number of amides is 2. The summed E-state index contributed by atoms with van der Waals surface area (Å²) in [6.45, 7) is 3.40. The molecule has 11 heavy (non-hydrogen) atoms. The van der Waals surface area contributed by atoms with Crippen LogP contribution >= 0.6 is 0 Å². The van der Waals surface area contributed by atoms with Gasteiger partial charge in [-0.25, -0.2) is 4.90 Å². The van der Waals surface area contributed by atoms with E-state index in [1.54, 1.807) is 0 Å². The summed E-state index contributed by atoms with van der Waals surface area (Å²) in [5, 5.41) is 0. The summed E-state index contributed by atoms with van der Waals surface area (Å²) >= 11 is 0. The molecule has 0 aromatic carbocycles. The minimum Gasteiger partial charge on any atom is -0.274 e. The van der Waals surface area contributed by atoms with Gasteiger partial charge in [-0.15, -0.1) is 0 Å². The second kappa shape index (κ2) is 3.14. The number of carbonyl (C=O) groups excluding carboxylic acids is 2. The topological polar surface area (TPSA) is 37.4 Å². The van der Waals surface area contributed by atoms with Crippen molar-refractivity contribution in [1.29, 1.82) is 0 Å². The quantitative estimate of drug-likeness (QED) is 0.428.